The van der Waals surface area contributed by atoms with Gasteiger partial charge in [-0.25, -0.2) is 9.59 Å². The maximum atomic E-state index is 14.4. The van der Waals surface area contributed by atoms with Crippen molar-refractivity contribution in [3.63, 3.8) is 0 Å². The van der Waals surface area contributed by atoms with Crippen molar-refractivity contribution >= 4 is 23.9 Å². The van der Waals surface area contributed by atoms with E-state index >= 15 is 0 Å². The molecular formula is C36H53N3O6. The minimum atomic E-state index is -1.07. The highest BCUT2D eigenvalue weighted by atomic mass is 16.6. The number of carbonyl (C=O) groups excluding carboxylic acids is 4. The van der Waals surface area contributed by atoms with Gasteiger partial charge in [-0.1, -0.05) is 81.3 Å². The summed E-state index contributed by atoms with van der Waals surface area (Å²) in [7, 11) is 0. The van der Waals surface area contributed by atoms with Crippen LogP contribution in [0.4, 0.5) is 4.79 Å². The Labute approximate surface area is 269 Å². The van der Waals surface area contributed by atoms with Crippen molar-refractivity contribution in [2.24, 2.45) is 0 Å². The van der Waals surface area contributed by atoms with E-state index in [4.69, 9.17) is 9.47 Å². The van der Waals surface area contributed by atoms with Gasteiger partial charge in [0.15, 0.2) is 0 Å². The fraction of sp³-hybridized carbons (Fsp3) is 0.556. The molecule has 0 heterocycles. The summed E-state index contributed by atoms with van der Waals surface area (Å²) < 4.78 is 11.1. The highest BCUT2D eigenvalue weighted by molar-refractivity contribution is 5.93. The van der Waals surface area contributed by atoms with E-state index in [1.807, 2.05) is 61.5 Å². The van der Waals surface area contributed by atoms with Gasteiger partial charge in [-0.2, -0.15) is 0 Å². The molecule has 248 valence electrons. The van der Waals surface area contributed by atoms with E-state index in [2.05, 4.69) is 17.6 Å². The minimum absolute atomic E-state index is 0.212. The van der Waals surface area contributed by atoms with Gasteiger partial charge in [0, 0.05) is 13.0 Å². The summed E-state index contributed by atoms with van der Waals surface area (Å²) in [6.45, 7) is 16.5. The number of unbranched alkanes of at least 4 members (excludes halogenated alkanes) is 2. The fourth-order valence-electron chi connectivity index (χ4n) is 4.77. The van der Waals surface area contributed by atoms with Crippen molar-refractivity contribution < 1.29 is 28.7 Å². The van der Waals surface area contributed by atoms with Gasteiger partial charge in [-0.05, 0) is 78.0 Å². The van der Waals surface area contributed by atoms with Gasteiger partial charge in [0.25, 0.3) is 0 Å². The van der Waals surface area contributed by atoms with Crippen LogP contribution in [0.25, 0.3) is 0 Å². The fourth-order valence-corrected chi connectivity index (χ4v) is 4.77. The molecular weight excluding hydrogens is 570 g/mol. The Hall–Kier alpha value is -3.88. The molecule has 2 N–H and O–H groups in total. The van der Waals surface area contributed by atoms with Crippen LogP contribution < -0.4 is 10.6 Å². The molecule has 0 aliphatic carbocycles. The summed E-state index contributed by atoms with van der Waals surface area (Å²) in [5.74, 6) is -1.52. The second-order valence-corrected chi connectivity index (χ2v) is 13.4. The average Bonchev–Trinajstić information content (AvgIpc) is 2.94. The van der Waals surface area contributed by atoms with E-state index in [9.17, 15) is 19.2 Å². The molecule has 0 spiro atoms. The summed E-state index contributed by atoms with van der Waals surface area (Å²) in [5.41, 5.74) is 1.02. The number of nitrogens with one attached hydrogen (secondary N) is 2. The Kier molecular flexibility index (Phi) is 14.1. The number of esters is 1. The van der Waals surface area contributed by atoms with Gasteiger partial charge in [0.1, 0.15) is 29.3 Å². The van der Waals surface area contributed by atoms with E-state index in [-0.39, 0.29) is 13.0 Å². The van der Waals surface area contributed by atoms with Crippen molar-refractivity contribution in [3.8, 4) is 0 Å². The molecule has 3 atom stereocenters. The van der Waals surface area contributed by atoms with Crippen molar-refractivity contribution in [2.45, 2.75) is 124 Å². The lowest BCUT2D eigenvalue weighted by Crippen LogP contribution is -2.54. The molecule has 3 unspecified atom stereocenters. The van der Waals surface area contributed by atoms with Crippen LogP contribution in [0.1, 0.15) is 104 Å². The van der Waals surface area contributed by atoms with Gasteiger partial charge in [-0.15, -0.1) is 0 Å². The van der Waals surface area contributed by atoms with E-state index in [1.54, 1.807) is 48.5 Å². The number of aryl methyl sites for hydroxylation is 1. The molecule has 0 saturated carbocycles. The zero-order valence-electron chi connectivity index (χ0n) is 28.6. The third-order valence-electron chi connectivity index (χ3n) is 6.94. The Morgan fingerprint density at radius 2 is 1.38 bits per heavy atom. The standard InChI is InChI=1S/C36H53N3O6/c1-10-12-16-23-39(32(41)25(3)37-34(43)45-36(7,8)9)30(28-21-19-26(11-2)20-22-28)31(40)38-29(33(42)44-35(4,5)6)24-27-17-14-13-15-18-27/h13-15,17-22,25,29-30H,10-12,16,23-24H2,1-9H3,(H,37,43)(H,38,40). The van der Waals surface area contributed by atoms with E-state index < -0.39 is 53.2 Å². The maximum absolute atomic E-state index is 14.4. The highest BCUT2D eigenvalue weighted by Crippen LogP contribution is 2.25. The zero-order chi connectivity index (χ0) is 33.8. The Morgan fingerprint density at radius 1 is 0.778 bits per heavy atom. The minimum Gasteiger partial charge on any atom is -0.458 e. The van der Waals surface area contributed by atoms with Gasteiger partial charge >= 0.3 is 12.1 Å². The highest BCUT2D eigenvalue weighted by Gasteiger charge is 2.37. The maximum Gasteiger partial charge on any atom is 0.408 e. The van der Waals surface area contributed by atoms with E-state index in [0.29, 0.717) is 12.0 Å². The van der Waals surface area contributed by atoms with E-state index in [1.165, 1.54) is 4.90 Å². The van der Waals surface area contributed by atoms with Crippen LogP contribution in [-0.4, -0.2) is 58.6 Å². The van der Waals surface area contributed by atoms with Gasteiger partial charge < -0.3 is 25.0 Å². The largest absolute Gasteiger partial charge is 0.458 e. The first-order valence-corrected chi connectivity index (χ1v) is 16.0. The molecule has 0 aliphatic heterocycles. The molecule has 0 bridgehead atoms. The average molecular weight is 624 g/mol. The molecule has 9 heteroatoms. The third kappa shape index (κ3) is 12.9. The first-order valence-electron chi connectivity index (χ1n) is 16.0. The number of rotatable bonds is 14. The Bertz CT molecular complexity index is 1250. The number of benzene rings is 2. The lowest BCUT2D eigenvalue weighted by atomic mass is 9.99. The smallest absolute Gasteiger partial charge is 0.408 e. The molecule has 0 aromatic heterocycles. The lowest BCUT2D eigenvalue weighted by molar-refractivity contribution is -0.159. The zero-order valence-corrected chi connectivity index (χ0v) is 28.6. The summed E-state index contributed by atoms with van der Waals surface area (Å²) in [6, 6.07) is 13.9. The molecule has 2 aromatic carbocycles. The van der Waals surface area contributed by atoms with Crippen molar-refractivity contribution in [2.75, 3.05) is 6.54 Å². The lowest BCUT2D eigenvalue weighted by Gasteiger charge is -2.35. The summed E-state index contributed by atoms with van der Waals surface area (Å²) in [6.07, 6.45) is 2.70. The first-order chi connectivity index (χ1) is 21.0. The molecule has 0 saturated heterocycles. The van der Waals surface area contributed by atoms with Crippen LogP contribution in [0.2, 0.25) is 0 Å². The summed E-state index contributed by atoms with van der Waals surface area (Å²) in [5, 5.41) is 5.56. The van der Waals surface area contributed by atoms with Gasteiger partial charge in [0.2, 0.25) is 11.8 Å². The summed E-state index contributed by atoms with van der Waals surface area (Å²) in [4.78, 5) is 55.9. The van der Waals surface area contributed by atoms with Gasteiger partial charge in [-0.3, -0.25) is 9.59 Å². The number of ether oxygens (including phenoxy) is 2. The van der Waals surface area contributed by atoms with Crippen molar-refractivity contribution in [1.82, 2.24) is 15.5 Å². The first kappa shape index (κ1) is 37.3. The Morgan fingerprint density at radius 3 is 1.91 bits per heavy atom. The predicted molar refractivity (Wildman–Crippen MR) is 177 cm³/mol. The van der Waals surface area contributed by atoms with Crippen LogP contribution in [0.15, 0.2) is 54.6 Å². The number of alkyl carbamates (subject to hydrolysis) is 1. The molecule has 3 amide bonds. The quantitative estimate of drug-likeness (QED) is 0.189. The van der Waals surface area contributed by atoms with Crippen molar-refractivity contribution in [1.29, 1.82) is 0 Å². The SMILES string of the molecule is CCCCCN(C(=O)C(C)NC(=O)OC(C)(C)C)C(C(=O)NC(Cc1ccccc1)C(=O)OC(C)(C)C)c1ccc(CC)cc1. The molecule has 9 nitrogen and oxygen atoms in total. The molecule has 0 fully saturated rings. The van der Waals surface area contributed by atoms with Crippen LogP contribution in [0, 0.1) is 0 Å². The second-order valence-electron chi connectivity index (χ2n) is 13.4. The number of nitrogens with zero attached hydrogens (tertiary/aromatic N) is 1. The Balaban J connectivity index is 2.54. The van der Waals surface area contributed by atoms with Crippen LogP contribution in [-0.2, 0) is 36.7 Å². The molecule has 2 aromatic rings. The van der Waals surface area contributed by atoms with E-state index in [0.717, 1.165) is 30.4 Å². The third-order valence-corrected chi connectivity index (χ3v) is 6.94. The van der Waals surface area contributed by atoms with Crippen molar-refractivity contribution in [3.05, 3.63) is 71.3 Å². The summed E-state index contributed by atoms with van der Waals surface area (Å²) >= 11 is 0. The monoisotopic (exact) mass is 623 g/mol. The number of amides is 3. The molecule has 0 aliphatic rings. The van der Waals surface area contributed by atoms with Gasteiger partial charge in [0.05, 0.1) is 0 Å². The predicted octanol–water partition coefficient (Wildman–Crippen LogP) is 6.29. The molecule has 2 rings (SSSR count). The number of hydrogen-bond acceptors (Lipinski definition) is 6. The van der Waals surface area contributed by atoms with Crippen LogP contribution >= 0.6 is 0 Å². The second kappa shape index (κ2) is 17.0. The molecule has 0 radical (unpaired) electrons. The molecule has 45 heavy (non-hydrogen) atoms. The number of carbonyl (C=O) groups is 4. The normalized spacial score (nSPS) is 13.6. The topological polar surface area (TPSA) is 114 Å². The van der Waals surface area contributed by atoms with Crippen LogP contribution in [0.3, 0.4) is 0 Å². The number of hydrogen-bond donors (Lipinski definition) is 2. The van der Waals surface area contributed by atoms with Crippen LogP contribution in [0.5, 0.6) is 0 Å².